The quantitative estimate of drug-likeness (QED) is 0.433. The third-order valence-corrected chi connectivity index (χ3v) is 2.30. The van der Waals surface area contributed by atoms with Crippen LogP contribution >= 0.6 is 0 Å². The summed E-state index contributed by atoms with van der Waals surface area (Å²) in [7, 11) is 0. The lowest BCUT2D eigenvalue weighted by atomic mass is 9.95. The van der Waals surface area contributed by atoms with Crippen LogP contribution in [0.3, 0.4) is 0 Å². The maximum absolute atomic E-state index is 12.1. The Labute approximate surface area is 105 Å². The van der Waals surface area contributed by atoms with Gasteiger partial charge in [-0.1, -0.05) is 6.07 Å². The Morgan fingerprint density at radius 2 is 2.06 bits per heavy atom. The normalized spacial score (nSPS) is 11.7. The zero-order valence-electron chi connectivity index (χ0n) is 10.4. The summed E-state index contributed by atoms with van der Waals surface area (Å²) >= 11 is 0. The van der Waals surface area contributed by atoms with Crippen molar-refractivity contribution < 1.29 is 19.1 Å². The van der Waals surface area contributed by atoms with Gasteiger partial charge < -0.3 is 4.74 Å². The Morgan fingerprint density at radius 3 is 2.56 bits per heavy atom. The molecule has 1 aromatic rings. The van der Waals surface area contributed by atoms with Crippen LogP contribution in [0.4, 0.5) is 0 Å². The number of carbonyl (C=O) groups excluding carboxylic acids is 3. The van der Waals surface area contributed by atoms with Crippen molar-refractivity contribution in [3.05, 3.63) is 30.1 Å². The summed E-state index contributed by atoms with van der Waals surface area (Å²) < 4.78 is 4.81. The molecule has 0 spiro atoms. The van der Waals surface area contributed by atoms with E-state index in [1.165, 1.54) is 19.2 Å². The average molecular weight is 249 g/mol. The van der Waals surface area contributed by atoms with Gasteiger partial charge in [0.25, 0.3) is 0 Å². The Bertz CT molecular complexity index is 442. The number of rotatable bonds is 6. The average Bonchev–Trinajstić information content (AvgIpc) is 2.36. The third-order valence-electron chi connectivity index (χ3n) is 2.30. The number of pyridine rings is 1. The van der Waals surface area contributed by atoms with Gasteiger partial charge in [0.1, 0.15) is 17.4 Å². The lowest BCUT2D eigenvalue weighted by molar-refractivity contribution is -0.147. The fraction of sp³-hybridized carbons (Fsp3) is 0.385. The number of Topliss-reactive ketones (excluding diaryl/α,β-unsaturated/α-hetero) is 2. The van der Waals surface area contributed by atoms with Crippen molar-refractivity contribution in [2.45, 2.75) is 20.3 Å². The predicted octanol–water partition coefficient (Wildman–Crippen LogP) is 1.42. The van der Waals surface area contributed by atoms with E-state index in [9.17, 15) is 14.4 Å². The van der Waals surface area contributed by atoms with Crippen LogP contribution in [-0.2, 0) is 14.3 Å². The van der Waals surface area contributed by atoms with Crippen LogP contribution in [0.1, 0.15) is 30.8 Å². The van der Waals surface area contributed by atoms with Crippen molar-refractivity contribution in [2.24, 2.45) is 5.92 Å². The van der Waals surface area contributed by atoms with Crippen molar-refractivity contribution in [1.82, 2.24) is 4.98 Å². The third kappa shape index (κ3) is 3.76. The van der Waals surface area contributed by atoms with Crippen LogP contribution in [0.2, 0.25) is 0 Å². The van der Waals surface area contributed by atoms with Crippen LogP contribution in [-0.4, -0.2) is 29.1 Å². The van der Waals surface area contributed by atoms with Crippen molar-refractivity contribution >= 4 is 17.5 Å². The second kappa shape index (κ2) is 6.64. The van der Waals surface area contributed by atoms with E-state index in [2.05, 4.69) is 4.98 Å². The second-order valence-corrected chi connectivity index (χ2v) is 3.79. The number of aromatic nitrogens is 1. The van der Waals surface area contributed by atoms with E-state index >= 15 is 0 Å². The molecule has 0 fully saturated rings. The number of nitrogens with zero attached hydrogens (tertiary/aromatic N) is 1. The molecule has 0 saturated carbocycles. The smallest absolute Gasteiger partial charge is 0.317 e. The zero-order valence-corrected chi connectivity index (χ0v) is 10.4. The highest BCUT2D eigenvalue weighted by Crippen LogP contribution is 2.13. The fourth-order valence-corrected chi connectivity index (χ4v) is 1.50. The molecule has 0 N–H and O–H groups in total. The summed E-state index contributed by atoms with van der Waals surface area (Å²) in [5.74, 6) is -2.50. The fourth-order valence-electron chi connectivity index (χ4n) is 1.50. The number of hydrogen-bond acceptors (Lipinski definition) is 5. The Morgan fingerprint density at radius 1 is 1.33 bits per heavy atom. The molecule has 1 aromatic heterocycles. The number of hydrogen-bond donors (Lipinski definition) is 0. The molecule has 0 aliphatic carbocycles. The minimum absolute atomic E-state index is 0.158. The van der Waals surface area contributed by atoms with Gasteiger partial charge in [-0.25, -0.2) is 0 Å². The summed E-state index contributed by atoms with van der Waals surface area (Å²) in [5, 5.41) is 0. The van der Waals surface area contributed by atoms with Crippen LogP contribution in [0.25, 0.3) is 0 Å². The summed E-state index contributed by atoms with van der Waals surface area (Å²) in [4.78, 5) is 38.8. The summed E-state index contributed by atoms with van der Waals surface area (Å²) in [6.45, 7) is 3.15. The highest BCUT2D eigenvalue weighted by atomic mass is 16.5. The van der Waals surface area contributed by atoms with Crippen molar-refractivity contribution in [3.8, 4) is 0 Å². The van der Waals surface area contributed by atoms with Crippen LogP contribution in [0, 0.1) is 5.92 Å². The molecule has 0 aliphatic rings. The topological polar surface area (TPSA) is 73.3 Å². The van der Waals surface area contributed by atoms with Crippen molar-refractivity contribution in [3.63, 3.8) is 0 Å². The van der Waals surface area contributed by atoms with E-state index in [-0.39, 0.29) is 24.5 Å². The van der Waals surface area contributed by atoms with Gasteiger partial charge >= 0.3 is 5.97 Å². The number of ketones is 2. The zero-order chi connectivity index (χ0) is 13.5. The highest BCUT2D eigenvalue weighted by molar-refractivity contribution is 6.09. The molecule has 0 saturated heterocycles. The van der Waals surface area contributed by atoms with Crippen molar-refractivity contribution in [2.75, 3.05) is 6.61 Å². The summed E-state index contributed by atoms with van der Waals surface area (Å²) in [5.41, 5.74) is 0.164. The van der Waals surface area contributed by atoms with E-state index in [1.54, 1.807) is 19.1 Å². The van der Waals surface area contributed by atoms with Gasteiger partial charge in [-0.05, 0) is 26.0 Å². The maximum Gasteiger partial charge on any atom is 0.317 e. The van der Waals surface area contributed by atoms with Gasteiger partial charge in [-0.3, -0.25) is 19.4 Å². The molecular weight excluding hydrogens is 234 g/mol. The largest absolute Gasteiger partial charge is 0.465 e. The van der Waals surface area contributed by atoms with E-state index in [4.69, 9.17) is 4.74 Å². The first kappa shape index (κ1) is 14.0. The van der Waals surface area contributed by atoms with Crippen molar-refractivity contribution in [1.29, 1.82) is 0 Å². The van der Waals surface area contributed by atoms with Gasteiger partial charge in [-0.2, -0.15) is 0 Å². The summed E-state index contributed by atoms with van der Waals surface area (Å²) in [6.07, 6.45) is 1.30. The SMILES string of the molecule is CCOC(=O)C(CC(C)=O)C(=O)c1ccccn1. The molecule has 5 nitrogen and oxygen atoms in total. The van der Waals surface area contributed by atoms with Gasteiger partial charge in [0.2, 0.25) is 0 Å². The lowest BCUT2D eigenvalue weighted by Crippen LogP contribution is -2.28. The Balaban J connectivity index is 2.92. The molecule has 1 rings (SSSR count). The minimum Gasteiger partial charge on any atom is -0.465 e. The first-order valence-corrected chi connectivity index (χ1v) is 5.67. The molecule has 1 atom stereocenters. The molecule has 96 valence electrons. The van der Waals surface area contributed by atoms with Gasteiger partial charge in [0.05, 0.1) is 6.61 Å². The van der Waals surface area contributed by atoms with E-state index < -0.39 is 17.7 Å². The maximum atomic E-state index is 12.1. The van der Waals surface area contributed by atoms with Gasteiger partial charge in [0, 0.05) is 12.6 Å². The molecule has 0 amide bonds. The number of carbonyl (C=O) groups is 3. The van der Waals surface area contributed by atoms with E-state index in [1.807, 2.05) is 0 Å². The first-order chi connectivity index (χ1) is 8.56. The molecule has 0 aliphatic heterocycles. The summed E-state index contributed by atoms with van der Waals surface area (Å²) in [6, 6.07) is 4.83. The van der Waals surface area contributed by atoms with Crippen LogP contribution in [0.5, 0.6) is 0 Å². The number of ether oxygens (including phenoxy) is 1. The molecule has 18 heavy (non-hydrogen) atoms. The molecule has 1 unspecified atom stereocenters. The monoisotopic (exact) mass is 249 g/mol. The molecule has 0 bridgehead atoms. The predicted molar refractivity (Wildman–Crippen MR) is 64.0 cm³/mol. The van der Waals surface area contributed by atoms with Gasteiger partial charge in [0.15, 0.2) is 5.78 Å². The molecule has 5 heteroatoms. The van der Waals surface area contributed by atoms with Crippen LogP contribution < -0.4 is 0 Å². The molecule has 1 heterocycles. The Kier molecular flexibility index (Phi) is 5.17. The highest BCUT2D eigenvalue weighted by Gasteiger charge is 2.30. The molecular formula is C13H15NO4. The van der Waals surface area contributed by atoms with E-state index in [0.717, 1.165) is 0 Å². The molecule has 0 radical (unpaired) electrons. The molecule has 0 aromatic carbocycles. The van der Waals surface area contributed by atoms with Crippen LogP contribution in [0.15, 0.2) is 24.4 Å². The standard InChI is InChI=1S/C13H15NO4/c1-3-18-13(17)10(8-9(2)15)12(16)11-6-4-5-7-14-11/h4-7,10H,3,8H2,1-2H3. The van der Waals surface area contributed by atoms with Gasteiger partial charge in [-0.15, -0.1) is 0 Å². The lowest BCUT2D eigenvalue weighted by Gasteiger charge is -2.12. The Hall–Kier alpha value is -2.04. The minimum atomic E-state index is -1.10. The number of esters is 1. The van der Waals surface area contributed by atoms with E-state index in [0.29, 0.717) is 0 Å². The first-order valence-electron chi connectivity index (χ1n) is 5.67. The second-order valence-electron chi connectivity index (χ2n) is 3.79.